The third kappa shape index (κ3) is 3.12. The van der Waals surface area contributed by atoms with E-state index in [1.54, 1.807) is 12.1 Å². The maximum atomic E-state index is 12.1. The van der Waals surface area contributed by atoms with Crippen LogP contribution in [0.5, 0.6) is 0 Å². The summed E-state index contributed by atoms with van der Waals surface area (Å²) < 4.78 is 0. The molecular weight excluding hydrogens is 259 g/mol. The van der Waals surface area contributed by atoms with Gasteiger partial charge in [0.1, 0.15) is 0 Å². The zero-order valence-corrected chi connectivity index (χ0v) is 11.2. The number of nitrogens with one attached hydrogen (secondary N) is 1. The number of nitrogens with zero attached hydrogens (tertiary/aromatic N) is 1. The van der Waals surface area contributed by atoms with Crippen molar-refractivity contribution in [2.45, 2.75) is 12.5 Å². The lowest BCUT2D eigenvalue weighted by Crippen LogP contribution is -2.33. The van der Waals surface area contributed by atoms with Gasteiger partial charge in [-0.05, 0) is 25.6 Å². The number of halogens is 2. The van der Waals surface area contributed by atoms with E-state index in [0.29, 0.717) is 16.6 Å². The van der Waals surface area contributed by atoms with Crippen LogP contribution in [-0.2, 0) is 0 Å². The molecule has 0 bridgehead atoms. The fourth-order valence-electron chi connectivity index (χ4n) is 1.99. The molecule has 1 heterocycles. The first-order chi connectivity index (χ1) is 7.72. The zero-order valence-electron chi connectivity index (χ0n) is 9.65. The fraction of sp³-hybridized carbons (Fsp3) is 0.417. The van der Waals surface area contributed by atoms with Crippen molar-refractivity contribution in [3.63, 3.8) is 0 Å². The molecule has 5 heteroatoms. The minimum absolute atomic E-state index is 0. The van der Waals surface area contributed by atoms with Gasteiger partial charge in [0.05, 0.1) is 10.6 Å². The van der Waals surface area contributed by atoms with E-state index in [4.69, 9.17) is 11.6 Å². The smallest absolute Gasteiger partial charge is 0.255 e. The SMILES string of the molecule is CNC1CCN(C(=O)c2ccccc2Cl)C1.Cl. The predicted molar refractivity (Wildman–Crippen MR) is 72.1 cm³/mol. The molecule has 1 aromatic carbocycles. The van der Waals surface area contributed by atoms with Crippen molar-refractivity contribution in [2.75, 3.05) is 20.1 Å². The van der Waals surface area contributed by atoms with Gasteiger partial charge in [0.2, 0.25) is 0 Å². The third-order valence-corrected chi connectivity index (χ3v) is 3.32. The number of rotatable bonds is 2. The van der Waals surface area contributed by atoms with Gasteiger partial charge in [-0.25, -0.2) is 0 Å². The second-order valence-electron chi connectivity index (χ2n) is 4.01. The highest BCUT2D eigenvalue weighted by Gasteiger charge is 2.26. The van der Waals surface area contributed by atoms with Gasteiger partial charge in [0.15, 0.2) is 0 Å². The van der Waals surface area contributed by atoms with Crippen molar-refractivity contribution >= 4 is 29.9 Å². The van der Waals surface area contributed by atoms with Gasteiger partial charge >= 0.3 is 0 Å². The minimum atomic E-state index is 0. The summed E-state index contributed by atoms with van der Waals surface area (Å²) in [6.07, 6.45) is 1.01. The number of likely N-dealkylation sites (N-methyl/N-ethyl adjacent to an activating group) is 1. The standard InChI is InChI=1S/C12H15ClN2O.ClH/c1-14-9-6-7-15(8-9)12(16)10-4-2-3-5-11(10)13;/h2-5,9,14H,6-8H2,1H3;1H. The summed E-state index contributed by atoms with van der Waals surface area (Å²) in [5.41, 5.74) is 0.598. The Labute approximate surface area is 113 Å². The maximum absolute atomic E-state index is 12.1. The molecule has 17 heavy (non-hydrogen) atoms. The van der Waals surface area contributed by atoms with Crippen LogP contribution in [0.15, 0.2) is 24.3 Å². The summed E-state index contributed by atoms with van der Waals surface area (Å²) >= 11 is 6.00. The molecular formula is C12H16Cl2N2O. The topological polar surface area (TPSA) is 32.3 Å². The molecule has 1 fully saturated rings. The van der Waals surface area contributed by atoms with Crippen LogP contribution in [0.4, 0.5) is 0 Å². The fourth-order valence-corrected chi connectivity index (χ4v) is 2.20. The Hall–Kier alpha value is -0.770. The van der Waals surface area contributed by atoms with E-state index in [0.717, 1.165) is 19.5 Å². The molecule has 94 valence electrons. The largest absolute Gasteiger partial charge is 0.337 e. The van der Waals surface area contributed by atoms with E-state index >= 15 is 0 Å². The first kappa shape index (κ1) is 14.3. The second kappa shape index (κ2) is 6.24. The van der Waals surface area contributed by atoms with Crippen LogP contribution in [0.1, 0.15) is 16.8 Å². The summed E-state index contributed by atoms with van der Waals surface area (Å²) in [5.74, 6) is 0.0309. The monoisotopic (exact) mass is 274 g/mol. The van der Waals surface area contributed by atoms with Gasteiger partial charge in [-0.2, -0.15) is 0 Å². The number of hydrogen-bond donors (Lipinski definition) is 1. The molecule has 1 atom stereocenters. The van der Waals surface area contributed by atoms with E-state index in [1.165, 1.54) is 0 Å². The molecule has 3 nitrogen and oxygen atoms in total. The molecule has 1 N–H and O–H groups in total. The molecule has 1 amide bonds. The molecule has 0 radical (unpaired) electrons. The summed E-state index contributed by atoms with van der Waals surface area (Å²) in [6, 6.07) is 7.61. The lowest BCUT2D eigenvalue weighted by atomic mass is 10.2. The normalized spacial score (nSPS) is 18.9. The van der Waals surface area contributed by atoms with Crippen LogP contribution in [-0.4, -0.2) is 37.0 Å². The van der Waals surface area contributed by atoms with Gasteiger partial charge in [0.25, 0.3) is 5.91 Å². The van der Waals surface area contributed by atoms with Crippen LogP contribution in [0, 0.1) is 0 Å². The van der Waals surface area contributed by atoms with Crippen LogP contribution >= 0.6 is 24.0 Å². The maximum Gasteiger partial charge on any atom is 0.255 e. The number of amides is 1. The predicted octanol–water partition coefficient (Wildman–Crippen LogP) is 2.20. The van der Waals surface area contributed by atoms with Gasteiger partial charge in [-0.1, -0.05) is 23.7 Å². The van der Waals surface area contributed by atoms with E-state index in [2.05, 4.69) is 5.32 Å². The average molecular weight is 275 g/mol. The van der Waals surface area contributed by atoms with Crippen LogP contribution < -0.4 is 5.32 Å². The van der Waals surface area contributed by atoms with Gasteiger partial charge < -0.3 is 10.2 Å². The van der Waals surface area contributed by atoms with E-state index in [1.807, 2.05) is 24.1 Å². The van der Waals surface area contributed by atoms with Gasteiger partial charge in [-0.15, -0.1) is 12.4 Å². The minimum Gasteiger partial charge on any atom is -0.337 e. The summed E-state index contributed by atoms with van der Waals surface area (Å²) in [5, 5.41) is 3.72. The Morgan fingerprint density at radius 2 is 2.18 bits per heavy atom. The van der Waals surface area contributed by atoms with Crippen molar-refractivity contribution in [3.8, 4) is 0 Å². The molecule has 1 aliphatic heterocycles. The summed E-state index contributed by atoms with van der Waals surface area (Å²) in [4.78, 5) is 14.0. The van der Waals surface area contributed by atoms with Crippen LogP contribution in [0.25, 0.3) is 0 Å². The number of hydrogen-bond acceptors (Lipinski definition) is 2. The van der Waals surface area contributed by atoms with Gasteiger partial charge in [-0.3, -0.25) is 4.79 Å². The summed E-state index contributed by atoms with van der Waals surface area (Å²) in [6.45, 7) is 1.57. The third-order valence-electron chi connectivity index (χ3n) is 2.99. The number of carbonyl (C=O) groups is 1. The van der Waals surface area contributed by atoms with Crippen molar-refractivity contribution in [2.24, 2.45) is 0 Å². The lowest BCUT2D eigenvalue weighted by Gasteiger charge is -2.17. The molecule has 1 saturated heterocycles. The Morgan fingerprint density at radius 1 is 1.47 bits per heavy atom. The lowest BCUT2D eigenvalue weighted by molar-refractivity contribution is 0.0790. The highest BCUT2D eigenvalue weighted by molar-refractivity contribution is 6.33. The molecule has 0 aliphatic carbocycles. The Morgan fingerprint density at radius 3 is 2.76 bits per heavy atom. The van der Waals surface area contributed by atoms with Gasteiger partial charge in [0, 0.05) is 19.1 Å². The van der Waals surface area contributed by atoms with Crippen molar-refractivity contribution in [1.82, 2.24) is 10.2 Å². The van der Waals surface area contributed by atoms with Crippen LogP contribution in [0.2, 0.25) is 5.02 Å². The molecule has 2 rings (SSSR count). The summed E-state index contributed by atoms with van der Waals surface area (Å²) in [7, 11) is 1.92. The number of likely N-dealkylation sites (tertiary alicyclic amines) is 1. The number of carbonyl (C=O) groups excluding carboxylic acids is 1. The highest BCUT2D eigenvalue weighted by atomic mass is 35.5. The Balaban J connectivity index is 0.00000144. The van der Waals surface area contributed by atoms with Crippen molar-refractivity contribution in [3.05, 3.63) is 34.9 Å². The highest BCUT2D eigenvalue weighted by Crippen LogP contribution is 2.19. The average Bonchev–Trinajstić information content (AvgIpc) is 2.77. The first-order valence-corrected chi connectivity index (χ1v) is 5.81. The molecule has 1 aromatic rings. The van der Waals surface area contributed by atoms with Crippen molar-refractivity contribution in [1.29, 1.82) is 0 Å². The zero-order chi connectivity index (χ0) is 11.5. The second-order valence-corrected chi connectivity index (χ2v) is 4.41. The molecule has 0 saturated carbocycles. The first-order valence-electron chi connectivity index (χ1n) is 5.43. The quantitative estimate of drug-likeness (QED) is 0.897. The van der Waals surface area contributed by atoms with E-state index in [9.17, 15) is 4.79 Å². The van der Waals surface area contributed by atoms with Crippen LogP contribution in [0.3, 0.4) is 0 Å². The van der Waals surface area contributed by atoms with E-state index < -0.39 is 0 Å². The number of benzene rings is 1. The van der Waals surface area contributed by atoms with Crippen molar-refractivity contribution < 1.29 is 4.79 Å². The molecule has 1 unspecified atom stereocenters. The molecule has 0 aromatic heterocycles. The Kier molecular flexibility index (Phi) is 5.25. The molecule has 0 spiro atoms. The molecule has 1 aliphatic rings. The Bertz CT molecular complexity index is 398. The van der Waals surface area contributed by atoms with E-state index in [-0.39, 0.29) is 18.3 Å².